The quantitative estimate of drug-likeness (QED) is 0.258. The maximum atomic E-state index is 13.4. The van der Waals surface area contributed by atoms with E-state index in [2.05, 4.69) is 20.1 Å². The second-order valence-electron chi connectivity index (χ2n) is 9.54. The van der Waals surface area contributed by atoms with Crippen molar-refractivity contribution in [3.63, 3.8) is 0 Å². The van der Waals surface area contributed by atoms with Gasteiger partial charge in [0.15, 0.2) is 0 Å². The van der Waals surface area contributed by atoms with Gasteiger partial charge in [-0.15, -0.1) is 26.3 Å². The number of urea groups is 1. The van der Waals surface area contributed by atoms with Crippen LogP contribution in [0.5, 0.6) is 11.5 Å². The van der Waals surface area contributed by atoms with Crippen molar-refractivity contribution in [2.24, 2.45) is 0 Å². The maximum Gasteiger partial charge on any atom is 0.573 e. The van der Waals surface area contributed by atoms with Gasteiger partial charge >= 0.3 is 24.7 Å². The molecular formula is C28H24F6N2O5. The molecule has 1 aliphatic rings. The fraction of sp³-hybridized carbons (Fsp3) is 0.286. The molecular weight excluding hydrogens is 558 g/mol. The summed E-state index contributed by atoms with van der Waals surface area (Å²) in [7, 11) is 0. The van der Waals surface area contributed by atoms with Gasteiger partial charge in [-0.3, -0.25) is 0 Å². The predicted octanol–water partition coefficient (Wildman–Crippen LogP) is 6.28. The van der Waals surface area contributed by atoms with Gasteiger partial charge in [-0.1, -0.05) is 54.6 Å². The molecule has 13 heteroatoms. The van der Waals surface area contributed by atoms with E-state index in [0.29, 0.717) is 12.0 Å². The van der Waals surface area contributed by atoms with Gasteiger partial charge in [0, 0.05) is 6.42 Å². The number of nitrogens with one attached hydrogen (secondary N) is 2. The van der Waals surface area contributed by atoms with Crippen LogP contribution in [0.15, 0.2) is 78.9 Å². The third kappa shape index (κ3) is 7.21. The second kappa shape index (κ2) is 11.2. The van der Waals surface area contributed by atoms with Gasteiger partial charge in [0.2, 0.25) is 0 Å². The molecule has 0 bridgehead atoms. The van der Waals surface area contributed by atoms with Crippen molar-refractivity contribution in [2.45, 2.75) is 49.5 Å². The molecule has 0 atom stereocenters. The van der Waals surface area contributed by atoms with Gasteiger partial charge in [0.1, 0.15) is 17.0 Å². The Bertz CT molecular complexity index is 1330. The van der Waals surface area contributed by atoms with E-state index in [1.807, 2.05) is 0 Å². The molecule has 41 heavy (non-hydrogen) atoms. The molecule has 0 aromatic heterocycles. The minimum absolute atomic E-state index is 0.0143. The Hall–Kier alpha value is -4.42. The lowest BCUT2D eigenvalue weighted by molar-refractivity contribution is -0.275. The van der Waals surface area contributed by atoms with E-state index in [-0.39, 0.29) is 30.4 Å². The van der Waals surface area contributed by atoms with Crippen LogP contribution in [0.4, 0.5) is 31.1 Å². The van der Waals surface area contributed by atoms with Crippen LogP contribution in [0.3, 0.4) is 0 Å². The SMILES string of the molecule is O=C(NC1(C(=O)O)CCC1)NC(Cc1ccccc1)(c1cccc(OC(F)(F)F)c1)c1cccc(OC(F)(F)F)c1. The van der Waals surface area contributed by atoms with Crippen molar-refractivity contribution in [3.05, 3.63) is 95.6 Å². The molecule has 0 unspecified atom stereocenters. The average Bonchev–Trinajstić information content (AvgIpc) is 2.84. The fourth-order valence-corrected chi connectivity index (χ4v) is 4.74. The summed E-state index contributed by atoms with van der Waals surface area (Å²) in [4.78, 5) is 25.3. The zero-order chi connectivity index (χ0) is 29.9. The summed E-state index contributed by atoms with van der Waals surface area (Å²) in [6, 6.07) is 16.6. The van der Waals surface area contributed by atoms with E-state index < -0.39 is 47.3 Å². The van der Waals surface area contributed by atoms with Crippen LogP contribution < -0.4 is 20.1 Å². The predicted molar refractivity (Wildman–Crippen MR) is 133 cm³/mol. The van der Waals surface area contributed by atoms with Gasteiger partial charge in [-0.25, -0.2) is 9.59 Å². The Morgan fingerprint density at radius 3 is 1.71 bits per heavy atom. The van der Waals surface area contributed by atoms with Crippen LogP contribution in [0.2, 0.25) is 0 Å². The molecule has 0 spiro atoms. The van der Waals surface area contributed by atoms with Gasteiger partial charge in [0.25, 0.3) is 0 Å². The number of carbonyl (C=O) groups is 2. The van der Waals surface area contributed by atoms with Crippen LogP contribution in [0, 0.1) is 0 Å². The first-order chi connectivity index (χ1) is 19.2. The number of hydrogen-bond donors (Lipinski definition) is 3. The average molecular weight is 582 g/mol. The summed E-state index contributed by atoms with van der Waals surface area (Å²) < 4.78 is 86.7. The summed E-state index contributed by atoms with van der Waals surface area (Å²) in [5.41, 5.74) is -2.81. The zero-order valence-corrected chi connectivity index (χ0v) is 21.2. The van der Waals surface area contributed by atoms with Crippen molar-refractivity contribution in [1.82, 2.24) is 10.6 Å². The smallest absolute Gasteiger partial charge is 0.480 e. The van der Waals surface area contributed by atoms with Crippen molar-refractivity contribution in [1.29, 1.82) is 0 Å². The summed E-state index contributed by atoms with van der Waals surface area (Å²) in [5, 5.41) is 14.8. The van der Waals surface area contributed by atoms with E-state index in [9.17, 15) is 41.0 Å². The normalized spacial score (nSPS) is 14.9. The Labute approximate surface area is 230 Å². The van der Waals surface area contributed by atoms with Crippen LogP contribution in [-0.4, -0.2) is 35.4 Å². The van der Waals surface area contributed by atoms with Crippen molar-refractivity contribution < 1.29 is 50.5 Å². The van der Waals surface area contributed by atoms with Gasteiger partial charge in [-0.2, -0.15) is 0 Å². The highest BCUT2D eigenvalue weighted by atomic mass is 19.4. The highest BCUT2D eigenvalue weighted by Gasteiger charge is 2.47. The lowest BCUT2D eigenvalue weighted by Crippen LogP contribution is -2.63. The molecule has 4 rings (SSSR count). The molecule has 0 saturated heterocycles. The van der Waals surface area contributed by atoms with Crippen LogP contribution in [0.1, 0.15) is 36.0 Å². The van der Waals surface area contributed by atoms with Crippen molar-refractivity contribution >= 4 is 12.0 Å². The minimum atomic E-state index is -5.05. The number of rotatable bonds is 9. The number of benzene rings is 3. The van der Waals surface area contributed by atoms with Gasteiger partial charge in [0.05, 0.1) is 5.54 Å². The molecule has 0 aliphatic heterocycles. The number of carboxylic acids is 1. The standard InChI is InChI=1S/C28H24F6N2O5/c29-27(30,31)40-21-11-4-9-19(15-21)26(17-18-7-2-1-3-8-18,20-10-5-12-22(16-20)41-28(32,33)34)36-24(39)35-25(23(37)38)13-6-14-25/h1-5,7-12,15-16H,6,13-14,17H2,(H,37,38)(H2,35,36,39). The molecule has 1 fully saturated rings. The molecule has 3 aromatic rings. The minimum Gasteiger partial charge on any atom is -0.480 e. The number of alkyl halides is 6. The molecule has 0 radical (unpaired) electrons. The lowest BCUT2D eigenvalue weighted by atomic mass is 9.76. The Morgan fingerprint density at radius 2 is 1.29 bits per heavy atom. The zero-order valence-electron chi connectivity index (χ0n) is 21.2. The number of carboxylic acid groups (broad SMARTS) is 1. The molecule has 3 N–H and O–H groups in total. The van der Waals surface area contributed by atoms with Crippen LogP contribution in [-0.2, 0) is 16.8 Å². The highest BCUT2D eigenvalue weighted by molar-refractivity contribution is 5.87. The number of hydrogen-bond acceptors (Lipinski definition) is 4. The summed E-state index contributed by atoms with van der Waals surface area (Å²) in [6.07, 6.45) is -9.44. The summed E-state index contributed by atoms with van der Waals surface area (Å²) >= 11 is 0. The second-order valence-corrected chi connectivity index (χ2v) is 9.54. The van der Waals surface area contributed by atoms with E-state index in [0.717, 1.165) is 24.3 Å². The molecule has 1 aliphatic carbocycles. The molecule has 7 nitrogen and oxygen atoms in total. The fourth-order valence-electron chi connectivity index (χ4n) is 4.74. The maximum absolute atomic E-state index is 13.4. The van der Waals surface area contributed by atoms with E-state index in [4.69, 9.17) is 0 Å². The number of ether oxygens (including phenoxy) is 2. The lowest BCUT2D eigenvalue weighted by Gasteiger charge is -2.41. The summed E-state index contributed by atoms with van der Waals surface area (Å²) in [5.74, 6) is -2.55. The first-order valence-electron chi connectivity index (χ1n) is 12.3. The molecule has 3 aromatic carbocycles. The molecule has 218 valence electrons. The summed E-state index contributed by atoms with van der Waals surface area (Å²) in [6.45, 7) is 0. The van der Waals surface area contributed by atoms with Crippen molar-refractivity contribution in [2.75, 3.05) is 0 Å². The Balaban J connectivity index is 1.89. The van der Waals surface area contributed by atoms with Gasteiger partial charge < -0.3 is 25.2 Å². The topological polar surface area (TPSA) is 96.9 Å². The van der Waals surface area contributed by atoms with Gasteiger partial charge in [-0.05, 0) is 60.2 Å². The number of halogens is 6. The van der Waals surface area contributed by atoms with E-state index in [1.165, 1.54) is 24.3 Å². The number of aliphatic carboxylic acids is 1. The van der Waals surface area contributed by atoms with Crippen LogP contribution >= 0.6 is 0 Å². The Morgan fingerprint density at radius 1 is 0.780 bits per heavy atom. The monoisotopic (exact) mass is 582 g/mol. The Kier molecular flexibility index (Phi) is 8.09. The molecule has 1 saturated carbocycles. The number of carbonyl (C=O) groups excluding carboxylic acids is 1. The third-order valence-electron chi connectivity index (χ3n) is 6.73. The number of amides is 2. The molecule has 2 amide bonds. The van der Waals surface area contributed by atoms with Crippen molar-refractivity contribution in [3.8, 4) is 11.5 Å². The van der Waals surface area contributed by atoms with E-state index in [1.54, 1.807) is 30.3 Å². The first kappa shape index (κ1) is 29.6. The largest absolute Gasteiger partial charge is 0.573 e. The van der Waals surface area contributed by atoms with Crippen LogP contribution in [0.25, 0.3) is 0 Å². The highest BCUT2D eigenvalue weighted by Crippen LogP contribution is 2.39. The first-order valence-corrected chi connectivity index (χ1v) is 12.3. The van der Waals surface area contributed by atoms with E-state index >= 15 is 0 Å². The molecule has 0 heterocycles. The third-order valence-corrected chi connectivity index (χ3v) is 6.73.